The van der Waals surface area contributed by atoms with Crippen LogP contribution in [0.1, 0.15) is 18.4 Å². The molecular formula is C21H23F4N7O. The van der Waals surface area contributed by atoms with Crippen molar-refractivity contribution in [2.24, 2.45) is 7.05 Å². The summed E-state index contributed by atoms with van der Waals surface area (Å²) >= 11 is 0. The van der Waals surface area contributed by atoms with Crippen molar-refractivity contribution in [3.05, 3.63) is 48.8 Å². The Kier molecular flexibility index (Phi) is 7.14. The number of halogens is 4. The number of aromatic nitrogens is 4. The first-order valence-electron chi connectivity index (χ1n) is 10.0. The number of nitrogens with zero attached hydrogens (tertiary/aromatic N) is 5. The lowest BCUT2D eigenvalue weighted by molar-refractivity contribution is -0.138. The predicted octanol–water partition coefficient (Wildman–Crippen LogP) is 3.71. The number of nitrogens with one attached hydrogen (secondary N) is 1. The first-order valence-corrected chi connectivity index (χ1v) is 10.0. The Labute approximate surface area is 187 Å². The zero-order valence-electron chi connectivity index (χ0n) is 17.8. The van der Waals surface area contributed by atoms with E-state index < -0.39 is 17.9 Å². The third kappa shape index (κ3) is 5.96. The van der Waals surface area contributed by atoms with Crippen LogP contribution in [-0.4, -0.2) is 44.7 Å². The van der Waals surface area contributed by atoms with E-state index in [0.29, 0.717) is 44.0 Å². The van der Waals surface area contributed by atoms with Gasteiger partial charge in [-0.25, -0.2) is 19.3 Å². The lowest BCUT2D eigenvalue weighted by atomic mass is 10.1. The average Bonchev–Trinajstić information content (AvgIpc) is 3.10. The fraction of sp³-hybridized carbons (Fsp3) is 0.333. The van der Waals surface area contributed by atoms with Crippen molar-refractivity contribution < 1.29 is 22.4 Å². The number of hydrogen-bond donors (Lipinski definition) is 2. The summed E-state index contributed by atoms with van der Waals surface area (Å²) in [6.07, 6.45) is -1.49. The van der Waals surface area contributed by atoms with E-state index in [0.717, 1.165) is 17.0 Å². The highest BCUT2D eigenvalue weighted by atomic mass is 19.4. The number of piperidine rings is 1. The highest BCUT2D eigenvalue weighted by Crippen LogP contribution is 2.28. The molecule has 0 saturated carbocycles. The largest absolute Gasteiger partial charge is 0.419 e. The molecule has 176 valence electrons. The number of benzene rings is 1. The summed E-state index contributed by atoms with van der Waals surface area (Å²) in [5.41, 5.74) is 6.56. The van der Waals surface area contributed by atoms with Crippen LogP contribution in [0.25, 0.3) is 11.0 Å². The minimum Gasteiger partial charge on any atom is -0.368 e. The van der Waals surface area contributed by atoms with Gasteiger partial charge in [-0.15, -0.1) is 0 Å². The average molecular weight is 465 g/mol. The maximum Gasteiger partial charge on any atom is 0.419 e. The number of aryl methyl sites for hydroxylation is 1. The van der Waals surface area contributed by atoms with Gasteiger partial charge in [0.15, 0.2) is 0 Å². The Balaban J connectivity index is 0.000000235. The van der Waals surface area contributed by atoms with Crippen molar-refractivity contribution in [1.29, 1.82) is 0 Å². The minimum atomic E-state index is -4.40. The molecule has 4 rings (SSSR count). The Morgan fingerprint density at radius 3 is 2.45 bits per heavy atom. The summed E-state index contributed by atoms with van der Waals surface area (Å²) < 4.78 is 50.7. The fourth-order valence-corrected chi connectivity index (χ4v) is 3.27. The summed E-state index contributed by atoms with van der Waals surface area (Å²) in [6.45, 7) is 4.79. The number of alkyl halides is 4. The van der Waals surface area contributed by atoms with Gasteiger partial charge < -0.3 is 20.5 Å². The van der Waals surface area contributed by atoms with Crippen LogP contribution in [0.15, 0.2) is 43.2 Å². The molecule has 33 heavy (non-hydrogen) atoms. The standard InChI is InChI=1S/C16H19FN4O.C5H4F3N3/c1-3-15(22)18-12-4-5-14-13(10-12)19-16(20(14)2)21-8-6-11(17)7-9-21;6-5(7,8)3-1-10-4(9)11-2-3/h3-5,10-11H,1,6-9H2,2H3,(H,18,22);1-2H,(H2,9,10,11). The third-order valence-corrected chi connectivity index (χ3v) is 5.02. The Bertz CT molecular complexity index is 1120. The molecule has 0 atom stereocenters. The van der Waals surface area contributed by atoms with Gasteiger partial charge in [0.2, 0.25) is 17.8 Å². The van der Waals surface area contributed by atoms with Crippen LogP contribution in [0.5, 0.6) is 0 Å². The van der Waals surface area contributed by atoms with Crippen molar-refractivity contribution in [2.75, 3.05) is 29.0 Å². The number of nitrogens with two attached hydrogens (primary N) is 1. The van der Waals surface area contributed by atoms with E-state index in [1.54, 1.807) is 0 Å². The number of nitrogen functional groups attached to an aromatic ring is 1. The zero-order valence-corrected chi connectivity index (χ0v) is 17.8. The number of hydrogen-bond acceptors (Lipinski definition) is 6. The molecule has 3 heterocycles. The van der Waals surface area contributed by atoms with Crippen LogP contribution in [0.2, 0.25) is 0 Å². The van der Waals surface area contributed by atoms with Gasteiger partial charge in [-0.3, -0.25) is 4.79 Å². The number of fused-ring (bicyclic) bond motifs is 1. The van der Waals surface area contributed by atoms with Crippen LogP contribution in [0.3, 0.4) is 0 Å². The van der Waals surface area contributed by atoms with E-state index in [2.05, 4.69) is 31.7 Å². The molecule has 0 aliphatic carbocycles. The first-order chi connectivity index (χ1) is 15.6. The van der Waals surface area contributed by atoms with Gasteiger partial charge in [0.25, 0.3) is 0 Å². The van der Waals surface area contributed by atoms with Crippen LogP contribution in [-0.2, 0) is 18.0 Å². The second-order valence-electron chi connectivity index (χ2n) is 7.36. The van der Waals surface area contributed by atoms with Gasteiger partial charge in [-0.1, -0.05) is 6.58 Å². The molecule has 0 spiro atoms. The van der Waals surface area contributed by atoms with E-state index in [1.807, 2.05) is 29.8 Å². The second-order valence-corrected chi connectivity index (χ2v) is 7.36. The van der Waals surface area contributed by atoms with Crippen LogP contribution in [0.4, 0.5) is 35.1 Å². The molecule has 0 unspecified atom stereocenters. The number of rotatable bonds is 3. The van der Waals surface area contributed by atoms with Crippen LogP contribution < -0.4 is 16.0 Å². The van der Waals surface area contributed by atoms with Gasteiger partial charge in [-0.05, 0) is 37.1 Å². The molecule has 2 aromatic heterocycles. The Hall–Kier alpha value is -3.70. The first kappa shape index (κ1) is 24.0. The predicted molar refractivity (Wildman–Crippen MR) is 117 cm³/mol. The number of carbonyl (C=O) groups is 1. The van der Waals surface area contributed by atoms with Crippen molar-refractivity contribution >= 4 is 34.5 Å². The molecule has 1 aromatic carbocycles. The number of amides is 1. The molecule has 1 saturated heterocycles. The maximum absolute atomic E-state index is 13.3. The van der Waals surface area contributed by atoms with Gasteiger partial charge in [0, 0.05) is 38.2 Å². The molecule has 1 aliphatic heterocycles. The molecule has 12 heteroatoms. The minimum absolute atomic E-state index is 0.169. The number of anilines is 3. The summed E-state index contributed by atoms with van der Waals surface area (Å²) in [6, 6.07) is 5.59. The van der Waals surface area contributed by atoms with Crippen molar-refractivity contribution in [2.45, 2.75) is 25.2 Å². The van der Waals surface area contributed by atoms with E-state index >= 15 is 0 Å². The normalized spacial score (nSPS) is 14.5. The molecule has 1 aliphatic rings. The Morgan fingerprint density at radius 2 is 1.88 bits per heavy atom. The molecule has 8 nitrogen and oxygen atoms in total. The van der Waals surface area contributed by atoms with Crippen LogP contribution >= 0.6 is 0 Å². The monoisotopic (exact) mass is 465 g/mol. The lowest BCUT2D eigenvalue weighted by Gasteiger charge is -2.29. The molecule has 0 bridgehead atoms. The molecule has 3 N–H and O–H groups in total. The van der Waals surface area contributed by atoms with Gasteiger partial charge in [-0.2, -0.15) is 13.2 Å². The molecule has 1 fully saturated rings. The topological polar surface area (TPSA) is 102 Å². The van der Waals surface area contributed by atoms with Crippen LogP contribution in [0, 0.1) is 0 Å². The van der Waals surface area contributed by atoms with E-state index in [4.69, 9.17) is 5.73 Å². The smallest absolute Gasteiger partial charge is 0.368 e. The highest BCUT2D eigenvalue weighted by Gasteiger charge is 2.31. The Morgan fingerprint density at radius 1 is 1.24 bits per heavy atom. The lowest BCUT2D eigenvalue weighted by Crippen LogP contribution is -2.35. The van der Waals surface area contributed by atoms with Crippen molar-refractivity contribution in [3.63, 3.8) is 0 Å². The fourth-order valence-electron chi connectivity index (χ4n) is 3.27. The van der Waals surface area contributed by atoms with Crippen molar-refractivity contribution in [1.82, 2.24) is 19.5 Å². The summed E-state index contributed by atoms with van der Waals surface area (Å²) in [5, 5.41) is 2.73. The van der Waals surface area contributed by atoms with Gasteiger partial charge in [0.1, 0.15) is 6.17 Å². The van der Waals surface area contributed by atoms with Gasteiger partial charge in [0.05, 0.1) is 16.6 Å². The third-order valence-electron chi connectivity index (χ3n) is 5.02. The van der Waals surface area contributed by atoms with Crippen molar-refractivity contribution in [3.8, 4) is 0 Å². The van der Waals surface area contributed by atoms with Gasteiger partial charge >= 0.3 is 6.18 Å². The summed E-state index contributed by atoms with van der Waals surface area (Å²) in [4.78, 5) is 24.5. The van der Waals surface area contributed by atoms with E-state index in [-0.39, 0.29) is 11.9 Å². The summed E-state index contributed by atoms with van der Waals surface area (Å²) in [7, 11) is 1.95. The number of imidazole rings is 1. The molecule has 1 amide bonds. The maximum atomic E-state index is 13.3. The second kappa shape index (κ2) is 9.84. The highest BCUT2D eigenvalue weighted by molar-refractivity contribution is 6.00. The molecule has 0 radical (unpaired) electrons. The summed E-state index contributed by atoms with van der Waals surface area (Å²) in [5.74, 6) is 0.424. The van der Waals surface area contributed by atoms with E-state index in [1.165, 1.54) is 6.08 Å². The zero-order chi connectivity index (χ0) is 24.2. The molecular weight excluding hydrogens is 442 g/mol. The SMILES string of the molecule is C=CC(=O)Nc1ccc2c(c1)nc(N1CCC(F)CC1)n2C.Nc1ncc(C(F)(F)F)cn1. The number of carbonyl (C=O) groups excluding carboxylic acids is 1. The quantitative estimate of drug-likeness (QED) is 0.452. The molecule has 3 aromatic rings. The van der Waals surface area contributed by atoms with E-state index in [9.17, 15) is 22.4 Å².